The summed E-state index contributed by atoms with van der Waals surface area (Å²) in [4.78, 5) is 10.9. The van der Waals surface area contributed by atoms with Crippen LogP contribution in [0.2, 0.25) is 0 Å². The van der Waals surface area contributed by atoms with E-state index in [0.717, 1.165) is 23.1 Å². The Labute approximate surface area is 125 Å². The molecule has 1 fully saturated rings. The van der Waals surface area contributed by atoms with Gasteiger partial charge in [0, 0.05) is 37.6 Å². The molecule has 5 heteroatoms. The molecular formula is C16H21N5. The molecule has 0 aliphatic heterocycles. The average molecular weight is 283 g/mol. The zero-order valence-corrected chi connectivity index (χ0v) is 12.7. The molecule has 0 radical (unpaired) electrons. The maximum atomic E-state index is 4.44. The molecule has 0 saturated heterocycles. The zero-order valence-electron chi connectivity index (χ0n) is 12.7. The summed E-state index contributed by atoms with van der Waals surface area (Å²) in [6, 6.07) is 10.8. The van der Waals surface area contributed by atoms with Gasteiger partial charge in [-0.25, -0.2) is 9.97 Å². The highest BCUT2D eigenvalue weighted by atomic mass is 15.1. The summed E-state index contributed by atoms with van der Waals surface area (Å²) >= 11 is 0. The fraction of sp³-hybridized carbons (Fsp3) is 0.375. The third-order valence-electron chi connectivity index (χ3n) is 3.42. The molecule has 3 rings (SSSR count). The van der Waals surface area contributed by atoms with Crippen LogP contribution in [0.15, 0.2) is 30.3 Å². The molecule has 0 atom stereocenters. The highest BCUT2D eigenvalue weighted by Gasteiger charge is 2.21. The second-order valence-corrected chi connectivity index (χ2v) is 5.67. The van der Waals surface area contributed by atoms with E-state index < -0.39 is 0 Å². The highest BCUT2D eigenvalue weighted by molar-refractivity contribution is 5.62. The molecule has 2 N–H and O–H groups in total. The van der Waals surface area contributed by atoms with Crippen LogP contribution in [-0.2, 0) is 0 Å². The number of hydrogen-bond donors (Lipinski definition) is 2. The SMILES string of the molecule is Cc1nc(Nc2ccc(N(C)C)cc2)cc(NC2CC2)n1. The molecular weight excluding hydrogens is 262 g/mol. The lowest BCUT2D eigenvalue weighted by atomic mass is 10.2. The number of aryl methyl sites for hydroxylation is 1. The Hall–Kier alpha value is -2.30. The zero-order chi connectivity index (χ0) is 14.8. The Kier molecular flexibility index (Phi) is 3.64. The predicted octanol–water partition coefficient (Wildman–Crippen LogP) is 3.17. The minimum Gasteiger partial charge on any atom is -0.378 e. The van der Waals surface area contributed by atoms with Crippen molar-refractivity contribution in [2.45, 2.75) is 25.8 Å². The first kappa shape index (κ1) is 13.7. The van der Waals surface area contributed by atoms with Gasteiger partial charge in [0.1, 0.15) is 17.5 Å². The standard InChI is InChI=1S/C16H21N5/c1-11-17-15(19-12-4-5-12)10-16(18-11)20-13-6-8-14(9-7-13)21(2)3/h6-10,12H,4-5H2,1-3H3,(H2,17,18,19,20). The average Bonchev–Trinajstić information content (AvgIpc) is 3.22. The van der Waals surface area contributed by atoms with E-state index in [1.165, 1.54) is 18.5 Å². The van der Waals surface area contributed by atoms with E-state index in [9.17, 15) is 0 Å². The number of benzene rings is 1. The summed E-state index contributed by atoms with van der Waals surface area (Å²) in [7, 11) is 4.07. The van der Waals surface area contributed by atoms with Crippen LogP contribution in [0.3, 0.4) is 0 Å². The number of anilines is 4. The Bertz CT molecular complexity index is 617. The first-order chi connectivity index (χ1) is 10.1. The van der Waals surface area contributed by atoms with Crippen LogP contribution in [-0.4, -0.2) is 30.1 Å². The predicted molar refractivity (Wildman–Crippen MR) is 87.5 cm³/mol. The Morgan fingerprint density at radius 2 is 1.71 bits per heavy atom. The molecule has 0 unspecified atom stereocenters. The van der Waals surface area contributed by atoms with E-state index in [0.29, 0.717) is 6.04 Å². The van der Waals surface area contributed by atoms with Crippen molar-refractivity contribution in [3.05, 3.63) is 36.2 Å². The highest BCUT2D eigenvalue weighted by Crippen LogP contribution is 2.25. The summed E-state index contributed by atoms with van der Waals surface area (Å²) in [5.74, 6) is 2.49. The van der Waals surface area contributed by atoms with Gasteiger partial charge in [0.25, 0.3) is 0 Å². The van der Waals surface area contributed by atoms with Crippen molar-refractivity contribution in [2.24, 2.45) is 0 Å². The van der Waals surface area contributed by atoms with Gasteiger partial charge >= 0.3 is 0 Å². The van der Waals surface area contributed by atoms with Crippen molar-refractivity contribution in [1.82, 2.24) is 9.97 Å². The van der Waals surface area contributed by atoms with Gasteiger partial charge in [0.2, 0.25) is 0 Å². The molecule has 5 nitrogen and oxygen atoms in total. The van der Waals surface area contributed by atoms with E-state index in [2.05, 4.69) is 49.8 Å². The van der Waals surface area contributed by atoms with Crippen LogP contribution in [0.5, 0.6) is 0 Å². The molecule has 1 aliphatic rings. The number of rotatable bonds is 5. The third kappa shape index (κ3) is 3.62. The van der Waals surface area contributed by atoms with Gasteiger partial charge in [-0.1, -0.05) is 0 Å². The third-order valence-corrected chi connectivity index (χ3v) is 3.42. The smallest absolute Gasteiger partial charge is 0.136 e. The normalized spacial score (nSPS) is 13.9. The first-order valence-electron chi connectivity index (χ1n) is 7.27. The number of nitrogens with one attached hydrogen (secondary N) is 2. The van der Waals surface area contributed by atoms with Crippen LogP contribution in [0.25, 0.3) is 0 Å². The second-order valence-electron chi connectivity index (χ2n) is 5.67. The van der Waals surface area contributed by atoms with Gasteiger partial charge in [-0.05, 0) is 44.0 Å². The molecule has 110 valence electrons. The Balaban J connectivity index is 1.75. The molecule has 1 aromatic heterocycles. The summed E-state index contributed by atoms with van der Waals surface area (Å²) in [6.45, 7) is 1.92. The van der Waals surface area contributed by atoms with Gasteiger partial charge in [-0.3, -0.25) is 0 Å². The lowest BCUT2D eigenvalue weighted by Crippen LogP contribution is -2.08. The molecule has 0 amide bonds. The molecule has 1 aromatic carbocycles. The molecule has 21 heavy (non-hydrogen) atoms. The van der Waals surface area contributed by atoms with Crippen LogP contribution >= 0.6 is 0 Å². The van der Waals surface area contributed by atoms with Crippen molar-refractivity contribution >= 4 is 23.0 Å². The van der Waals surface area contributed by atoms with Gasteiger partial charge in [-0.15, -0.1) is 0 Å². The number of nitrogens with zero attached hydrogens (tertiary/aromatic N) is 3. The monoisotopic (exact) mass is 283 g/mol. The Morgan fingerprint density at radius 3 is 2.33 bits per heavy atom. The molecule has 0 spiro atoms. The number of aromatic nitrogens is 2. The maximum Gasteiger partial charge on any atom is 0.136 e. The second kappa shape index (κ2) is 5.60. The van der Waals surface area contributed by atoms with Gasteiger partial charge in [0.05, 0.1) is 0 Å². The van der Waals surface area contributed by atoms with E-state index in [4.69, 9.17) is 0 Å². The fourth-order valence-electron chi connectivity index (χ4n) is 2.13. The van der Waals surface area contributed by atoms with Crippen LogP contribution in [0.1, 0.15) is 18.7 Å². The fourth-order valence-corrected chi connectivity index (χ4v) is 2.13. The maximum absolute atomic E-state index is 4.44. The largest absolute Gasteiger partial charge is 0.378 e. The van der Waals surface area contributed by atoms with Crippen LogP contribution in [0, 0.1) is 6.92 Å². The van der Waals surface area contributed by atoms with Crippen LogP contribution in [0.4, 0.5) is 23.0 Å². The minimum absolute atomic E-state index is 0.589. The van der Waals surface area contributed by atoms with E-state index in [-0.39, 0.29) is 0 Å². The van der Waals surface area contributed by atoms with E-state index >= 15 is 0 Å². The first-order valence-corrected chi connectivity index (χ1v) is 7.27. The molecule has 0 bridgehead atoms. The van der Waals surface area contributed by atoms with Crippen molar-refractivity contribution in [1.29, 1.82) is 0 Å². The van der Waals surface area contributed by atoms with Gasteiger partial charge < -0.3 is 15.5 Å². The minimum atomic E-state index is 0.589. The van der Waals surface area contributed by atoms with Crippen molar-refractivity contribution in [3.8, 4) is 0 Å². The lowest BCUT2D eigenvalue weighted by molar-refractivity contribution is 1.02. The summed E-state index contributed by atoms with van der Waals surface area (Å²) < 4.78 is 0. The van der Waals surface area contributed by atoms with Crippen molar-refractivity contribution in [2.75, 3.05) is 29.6 Å². The number of hydrogen-bond acceptors (Lipinski definition) is 5. The molecule has 1 aliphatic carbocycles. The van der Waals surface area contributed by atoms with Gasteiger partial charge in [-0.2, -0.15) is 0 Å². The molecule has 1 heterocycles. The quantitative estimate of drug-likeness (QED) is 0.882. The molecule has 2 aromatic rings. The summed E-state index contributed by atoms with van der Waals surface area (Å²) in [6.07, 6.45) is 2.47. The van der Waals surface area contributed by atoms with Crippen molar-refractivity contribution in [3.63, 3.8) is 0 Å². The topological polar surface area (TPSA) is 53.1 Å². The lowest BCUT2D eigenvalue weighted by Gasteiger charge is -2.13. The van der Waals surface area contributed by atoms with E-state index in [1.54, 1.807) is 0 Å². The Morgan fingerprint density at radius 1 is 1.05 bits per heavy atom. The van der Waals surface area contributed by atoms with Crippen molar-refractivity contribution < 1.29 is 0 Å². The molecule has 1 saturated carbocycles. The van der Waals surface area contributed by atoms with Gasteiger partial charge in [0.15, 0.2) is 0 Å². The summed E-state index contributed by atoms with van der Waals surface area (Å²) in [5.41, 5.74) is 2.20. The van der Waals surface area contributed by atoms with Crippen LogP contribution < -0.4 is 15.5 Å². The van der Waals surface area contributed by atoms with E-state index in [1.807, 2.05) is 27.1 Å². The summed E-state index contributed by atoms with van der Waals surface area (Å²) in [5, 5.41) is 6.74.